The lowest BCUT2D eigenvalue weighted by molar-refractivity contribution is 0.0629. The number of aliphatic hydroxyl groups excluding tert-OH is 1. The topological polar surface area (TPSA) is 32.3 Å². The van der Waals surface area contributed by atoms with Crippen LogP contribution in [0, 0.1) is 0 Å². The average Bonchev–Trinajstić information content (AvgIpc) is 1.83. The number of hydrogen-bond donors (Lipinski definition) is 2. The zero-order valence-corrected chi connectivity index (χ0v) is 7.14. The highest BCUT2D eigenvalue weighted by Crippen LogP contribution is 2.19. The predicted octanol–water partition coefficient (Wildman–Crippen LogP) is 1.07. The Hall–Kier alpha value is -0.340. The lowest BCUT2D eigenvalue weighted by Gasteiger charge is -2.32. The van der Waals surface area contributed by atoms with Crippen LogP contribution < -0.4 is 5.32 Å². The zero-order chi connectivity index (χ0) is 8.27. The molecule has 0 amide bonds. The van der Waals surface area contributed by atoms with Crippen molar-refractivity contribution in [3.63, 3.8) is 0 Å². The molecule has 0 aromatic heterocycles. The van der Waals surface area contributed by atoms with Crippen molar-refractivity contribution in [1.82, 2.24) is 5.32 Å². The van der Waals surface area contributed by atoms with Crippen molar-refractivity contribution < 1.29 is 5.11 Å². The standard InChI is InChI=1S/C9H17NO/c1-7(2)3-4-10-8-5-9(11)6-8/h8-11H,1,3-6H2,2H3. The molecule has 0 bridgehead atoms. The number of aliphatic hydroxyl groups is 1. The summed E-state index contributed by atoms with van der Waals surface area (Å²) in [5.74, 6) is 0. The summed E-state index contributed by atoms with van der Waals surface area (Å²) < 4.78 is 0. The molecule has 2 heteroatoms. The van der Waals surface area contributed by atoms with E-state index in [2.05, 4.69) is 11.9 Å². The van der Waals surface area contributed by atoms with Gasteiger partial charge in [-0.3, -0.25) is 0 Å². The molecule has 0 aliphatic heterocycles. The molecule has 1 aliphatic rings. The molecule has 1 rings (SSSR count). The van der Waals surface area contributed by atoms with Gasteiger partial charge in [-0.05, 0) is 32.7 Å². The van der Waals surface area contributed by atoms with E-state index in [9.17, 15) is 0 Å². The summed E-state index contributed by atoms with van der Waals surface area (Å²) in [6.07, 6.45) is 2.86. The van der Waals surface area contributed by atoms with Gasteiger partial charge in [-0.15, -0.1) is 6.58 Å². The van der Waals surface area contributed by atoms with Crippen LogP contribution in [0.5, 0.6) is 0 Å². The highest BCUT2D eigenvalue weighted by atomic mass is 16.3. The maximum absolute atomic E-state index is 8.97. The lowest BCUT2D eigenvalue weighted by atomic mass is 9.89. The van der Waals surface area contributed by atoms with E-state index >= 15 is 0 Å². The Kier molecular flexibility index (Phi) is 3.09. The van der Waals surface area contributed by atoms with Gasteiger partial charge in [0.15, 0.2) is 0 Å². The van der Waals surface area contributed by atoms with E-state index in [4.69, 9.17) is 5.11 Å². The fourth-order valence-electron chi connectivity index (χ4n) is 1.24. The Morgan fingerprint density at radius 1 is 1.64 bits per heavy atom. The van der Waals surface area contributed by atoms with Crippen LogP contribution in [0.25, 0.3) is 0 Å². The molecule has 11 heavy (non-hydrogen) atoms. The van der Waals surface area contributed by atoms with Gasteiger partial charge >= 0.3 is 0 Å². The van der Waals surface area contributed by atoms with Crippen molar-refractivity contribution in [3.05, 3.63) is 12.2 Å². The monoisotopic (exact) mass is 155 g/mol. The fraction of sp³-hybridized carbons (Fsp3) is 0.778. The average molecular weight is 155 g/mol. The molecule has 0 saturated heterocycles. The molecule has 0 aromatic rings. The largest absolute Gasteiger partial charge is 0.393 e. The molecule has 64 valence electrons. The third-order valence-electron chi connectivity index (χ3n) is 2.10. The van der Waals surface area contributed by atoms with E-state index in [1.165, 1.54) is 5.57 Å². The molecule has 2 nitrogen and oxygen atoms in total. The molecule has 0 heterocycles. The Morgan fingerprint density at radius 3 is 2.73 bits per heavy atom. The second kappa shape index (κ2) is 3.88. The van der Waals surface area contributed by atoms with Gasteiger partial charge in [-0.2, -0.15) is 0 Å². The minimum absolute atomic E-state index is 0.0441. The van der Waals surface area contributed by atoms with Gasteiger partial charge < -0.3 is 10.4 Å². The van der Waals surface area contributed by atoms with E-state index in [0.29, 0.717) is 6.04 Å². The van der Waals surface area contributed by atoms with Crippen molar-refractivity contribution >= 4 is 0 Å². The summed E-state index contributed by atoms with van der Waals surface area (Å²) >= 11 is 0. The third kappa shape index (κ3) is 3.04. The molecule has 1 fully saturated rings. The summed E-state index contributed by atoms with van der Waals surface area (Å²) in [5, 5.41) is 12.3. The first-order chi connectivity index (χ1) is 5.18. The Balaban J connectivity index is 1.92. The molecular weight excluding hydrogens is 138 g/mol. The molecule has 0 atom stereocenters. The zero-order valence-electron chi connectivity index (χ0n) is 7.14. The second-order valence-electron chi connectivity index (χ2n) is 3.48. The summed E-state index contributed by atoms with van der Waals surface area (Å²) in [6.45, 7) is 6.87. The molecule has 0 radical (unpaired) electrons. The highest BCUT2D eigenvalue weighted by molar-refractivity contribution is 4.90. The minimum atomic E-state index is -0.0441. The van der Waals surface area contributed by atoms with Gasteiger partial charge in [0.05, 0.1) is 6.10 Å². The lowest BCUT2D eigenvalue weighted by Crippen LogP contribution is -2.44. The van der Waals surface area contributed by atoms with Crippen molar-refractivity contribution in [1.29, 1.82) is 0 Å². The van der Waals surface area contributed by atoms with E-state index in [0.717, 1.165) is 25.8 Å². The Labute approximate surface area is 68.3 Å². The van der Waals surface area contributed by atoms with Crippen LogP contribution in [0.15, 0.2) is 12.2 Å². The molecule has 0 aromatic carbocycles. The molecular formula is C9H17NO. The summed E-state index contributed by atoms with van der Waals surface area (Å²) in [6, 6.07) is 0.560. The van der Waals surface area contributed by atoms with Gasteiger partial charge in [0, 0.05) is 6.04 Å². The summed E-state index contributed by atoms with van der Waals surface area (Å²) in [5.41, 5.74) is 1.22. The van der Waals surface area contributed by atoms with Gasteiger partial charge in [0.25, 0.3) is 0 Å². The van der Waals surface area contributed by atoms with E-state index in [-0.39, 0.29) is 6.10 Å². The van der Waals surface area contributed by atoms with Crippen LogP contribution in [0.4, 0.5) is 0 Å². The van der Waals surface area contributed by atoms with Crippen molar-refractivity contribution in [2.45, 2.75) is 38.3 Å². The maximum Gasteiger partial charge on any atom is 0.0570 e. The Bertz CT molecular complexity index is 138. The number of nitrogens with one attached hydrogen (secondary N) is 1. The molecule has 1 saturated carbocycles. The van der Waals surface area contributed by atoms with Crippen molar-refractivity contribution in [2.75, 3.05) is 6.54 Å². The van der Waals surface area contributed by atoms with Gasteiger partial charge in [-0.25, -0.2) is 0 Å². The number of hydrogen-bond acceptors (Lipinski definition) is 2. The third-order valence-corrected chi connectivity index (χ3v) is 2.10. The molecule has 2 N–H and O–H groups in total. The Morgan fingerprint density at radius 2 is 2.27 bits per heavy atom. The van der Waals surface area contributed by atoms with Crippen LogP contribution >= 0.6 is 0 Å². The van der Waals surface area contributed by atoms with E-state index < -0.39 is 0 Å². The highest BCUT2D eigenvalue weighted by Gasteiger charge is 2.25. The number of rotatable bonds is 4. The first kappa shape index (κ1) is 8.75. The minimum Gasteiger partial charge on any atom is -0.393 e. The SMILES string of the molecule is C=C(C)CCNC1CC(O)C1. The normalized spacial score (nSPS) is 29.6. The molecule has 0 unspecified atom stereocenters. The first-order valence-electron chi connectivity index (χ1n) is 4.24. The van der Waals surface area contributed by atoms with E-state index in [1.54, 1.807) is 0 Å². The fourth-order valence-corrected chi connectivity index (χ4v) is 1.24. The first-order valence-corrected chi connectivity index (χ1v) is 4.24. The summed E-state index contributed by atoms with van der Waals surface area (Å²) in [7, 11) is 0. The van der Waals surface area contributed by atoms with Crippen molar-refractivity contribution in [2.24, 2.45) is 0 Å². The summed E-state index contributed by atoms with van der Waals surface area (Å²) in [4.78, 5) is 0. The van der Waals surface area contributed by atoms with Gasteiger partial charge in [0.2, 0.25) is 0 Å². The van der Waals surface area contributed by atoms with Gasteiger partial charge in [0.1, 0.15) is 0 Å². The van der Waals surface area contributed by atoms with Crippen LogP contribution in [-0.4, -0.2) is 23.8 Å². The molecule has 0 spiro atoms. The van der Waals surface area contributed by atoms with Crippen LogP contribution in [0.1, 0.15) is 26.2 Å². The molecule has 1 aliphatic carbocycles. The van der Waals surface area contributed by atoms with E-state index in [1.807, 2.05) is 6.92 Å². The van der Waals surface area contributed by atoms with Gasteiger partial charge in [-0.1, -0.05) is 5.57 Å². The maximum atomic E-state index is 8.97. The second-order valence-corrected chi connectivity index (χ2v) is 3.48. The van der Waals surface area contributed by atoms with Crippen LogP contribution in [0.2, 0.25) is 0 Å². The van der Waals surface area contributed by atoms with Crippen LogP contribution in [0.3, 0.4) is 0 Å². The predicted molar refractivity (Wildman–Crippen MR) is 46.5 cm³/mol. The smallest absolute Gasteiger partial charge is 0.0570 e. The quantitative estimate of drug-likeness (QED) is 0.595. The van der Waals surface area contributed by atoms with Crippen molar-refractivity contribution in [3.8, 4) is 0 Å². The van der Waals surface area contributed by atoms with Crippen LogP contribution in [-0.2, 0) is 0 Å².